The lowest BCUT2D eigenvalue weighted by atomic mass is 9.95. The zero-order valence-electron chi connectivity index (χ0n) is 11.7. The minimum Gasteiger partial charge on any atom is -0.330 e. The zero-order chi connectivity index (χ0) is 13.8. The highest BCUT2D eigenvalue weighted by molar-refractivity contribution is 5.85. The van der Waals surface area contributed by atoms with E-state index in [1.165, 1.54) is 0 Å². The SMILES string of the molecule is CC(c1ccccc1[N+](=O)[O-])N1CCCC(CN)C1.Cl. The molecule has 1 aromatic rings. The second-order valence-corrected chi connectivity index (χ2v) is 5.23. The van der Waals surface area contributed by atoms with Crippen molar-refractivity contribution < 1.29 is 4.92 Å². The van der Waals surface area contributed by atoms with Gasteiger partial charge in [-0.3, -0.25) is 15.0 Å². The van der Waals surface area contributed by atoms with Gasteiger partial charge >= 0.3 is 0 Å². The van der Waals surface area contributed by atoms with Crippen molar-refractivity contribution >= 4 is 18.1 Å². The second-order valence-electron chi connectivity index (χ2n) is 5.23. The Balaban J connectivity index is 0.00000200. The molecule has 2 N–H and O–H groups in total. The largest absolute Gasteiger partial charge is 0.330 e. The number of para-hydroxylation sites is 1. The van der Waals surface area contributed by atoms with E-state index in [0.717, 1.165) is 31.5 Å². The molecule has 0 saturated carbocycles. The lowest BCUT2D eigenvalue weighted by molar-refractivity contribution is -0.386. The molecule has 0 aromatic heterocycles. The zero-order valence-corrected chi connectivity index (χ0v) is 12.5. The molecular weight excluding hydrogens is 278 g/mol. The van der Waals surface area contributed by atoms with E-state index in [1.54, 1.807) is 12.1 Å². The molecule has 20 heavy (non-hydrogen) atoms. The first-order valence-corrected chi connectivity index (χ1v) is 6.81. The van der Waals surface area contributed by atoms with Crippen molar-refractivity contribution in [3.05, 3.63) is 39.9 Å². The molecule has 6 heteroatoms. The number of benzene rings is 1. The summed E-state index contributed by atoms with van der Waals surface area (Å²) in [4.78, 5) is 13.1. The van der Waals surface area contributed by atoms with Crippen LogP contribution in [-0.4, -0.2) is 29.5 Å². The van der Waals surface area contributed by atoms with Gasteiger partial charge in [-0.15, -0.1) is 12.4 Å². The topological polar surface area (TPSA) is 72.4 Å². The average molecular weight is 300 g/mol. The van der Waals surface area contributed by atoms with E-state index in [2.05, 4.69) is 4.90 Å². The van der Waals surface area contributed by atoms with Gasteiger partial charge in [-0.25, -0.2) is 0 Å². The fourth-order valence-corrected chi connectivity index (χ4v) is 2.85. The van der Waals surface area contributed by atoms with E-state index in [-0.39, 0.29) is 29.1 Å². The highest BCUT2D eigenvalue weighted by Crippen LogP contribution is 2.31. The van der Waals surface area contributed by atoms with Crippen LogP contribution in [0.4, 0.5) is 5.69 Å². The third-order valence-corrected chi connectivity index (χ3v) is 4.02. The van der Waals surface area contributed by atoms with Gasteiger partial charge in [0.2, 0.25) is 0 Å². The molecule has 112 valence electrons. The molecule has 0 bridgehead atoms. The number of hydrogen-bond donors (Lipinski definition) is 1. The molecule has 5 nitrogen and oxygen atoms in total. The molecule has 0 radical (unpaired) electrons. The summed E-state index contributed by atoms with van der Waals surface area (Å²) in [6, 6.07) is 7.08. The Labute approximate surface area is 125 Å². The Morgan fingerprint density at radius 1 is 1.50 bits per heavy atom. The maximum absolute atomic E-state index is 11.1. The van der Waals surface area contributed by atoms with Crippen molar-refractivity contribution in [1.29, 1.82) is 0 Å². The Hall–Kier alpha value is -1.17. The number of halogens is 1. The van der Waals surface area contributed by atoms with Gasteiger partial charge in [-0.1, -0.05) is 18.2 Å². The van der Waals surface area contributed by atoms with E-state index < -0.39 is 0 Å². The molecule has 2 rings (SSSR count). The Bertz CT molecular complexity index is 456. The van der Waals surface area contributed by atoms with E-state index in [0.29, 0.717) is 12.5 Å². The van der Waals surface area contributed by atoms with Crippen molar-refractivity contribution in [2.24, 2.45) is 11.7 Å². The van der Waals surface area contributed by atoms with Crippen LogP contribution in [-0.2, 0) is 0 Å². The molecule has 1 aliphatic heterocycles. The highest BCUT2D eigenvalue weighted by Gasteiger charge is 2.27. The number of nitrogens with two attached hydrogens (primary N) is 1. The van der Waals surface area contributed by atoms with Crippen LogP contribution in [0.1, 0.15) is 31.4 Å². The third-order valence-electron chi connectivity index (χ3n) is 4.02. The predicted octanol–water partition coefficient (Wildman–Crippen LogP) is 2.75. The van der Waals surface area contributed by atoms with Crippen molar-refractivity contribution in [3.63, 3.8) is 0 Å². The van der Waals surface area contributed by atoms with Gasteiger partial charge in [0.05, 0.1) is 4.92 Å². The molecular formula is C14H22ClN3O2. The average Bonchev–Trinajstić information content (AvgIpc) is 2.46. The number of nitrogens with zero attached hydrogens (tertiary/aromatic N) is 2. The van der Waals surface area contributed by atoms with Crippen LogP contribution in [0.25, 0.3) is 0 Å². The van der Waals surface area contributed by atoms with Crippen LogP contribution in [0.3, 0.4) is 0 Å². The minimum atomic E-state index is -0.295. The lowest BCUT2D eigenvalue weighted by Gasteiger charge is -2.36. The number of rotatable bonds is 4. The summed E-state index contributed by atoms with van der Waals surface area (Å²) in [7, 11) is 0. The van der Waals surface area contributed by atoms with E-state index >= 15 is 0 Å². The van der Waals surface area contributed by atoms with Crippen LogP contribution < -0.4 is 5.73 Å². The summed E-state index contributed by atoms with van der Waals surface area (Å²) >= 11 is 0. The van der Waals surface area contributed by atoms with Crippen LogP contribution in [0.2, 0.25) is 0 Å². The Morgan fingerprint density at radius 3 is 2.85 bits per heavy atom. The van der Waals surface area contributed by atoms with Gasteiger partial charge in [-0.05, 0) is 38.8 Å². The maximum Gasteiger partial charge on any atom is 0.274 e. The number of nitro groups is 1. The normalized spacial score (nSPS) is 21.0. The molecule has 2 atom stereocenters. The molecule has 1 aliphatic rings. The quantitative estimate of drug-likeness (QED) is 0.685. The molecule has 1 aromatic carbocycles. The van der Waals surface area contributed by atoms with Crippen LogP contribution in [0, 0.1) is 16.0 Å². The molecule has 1 saturated heterocycles. The van der Waals surface area contributed by atoms with E-state index in [4.69, 9.17) is 5.73 Å². The molecule has 0 aliphatic carbocycles. The number of hydrogen-bond acceptors (Lipinski definition) is 4. The molecule has 1 heterocycles. The van der Waals surface area contributed by atoms with Gasteiger partial charge in [-0.2, -0.15) is 0 Å². The maximum atomic E-state index is 11.1. The summed E-state index contributed by atoms with van der Waals surface area (Å²) in [5, 5.41) is 11.1. The van der Waals surface area contributed by atoms with Crippen molar-refractivity contribution in [2.45, 2.75) is 25.8 Å². The van der Waals surface area contributed by atoms with Crippen LogP contribution >= 0.6 is 12.4 Å². The Kier molecular flexibility index (Phi) is 6.39. The first-order valence-electron chi connectivity index (χ1n) is 6.81. The summed E-state index contributed by atoms with van der Waals surface area (Å²) in [5.74, 6) is 0.513. The summed E-state index contributed by atoms with van der Waals surface area (Å²) in [6.07, 6.45) is 2.28. The number of nitro benzene ring substituents is 1. The minimum absolute atomic E-state index is 0. The van der Waals surface area contributed by atoms with Crippen molar-refractivity contribution in [3.8, 4) is 0 Å². The predicted molar refractivity (Wildman–Crippen MR) is 82.1 cm³/mol. The molecule has 2 unspecified atom stereocenters. The van der Waals surface area contributed by atoms with Gasteiger partial charge in [0.15, 0.2) is 0 Å². The lowest BCUT2D eigenvalue weighted by Crippen LogP contribution is -2.39. The van der Waals surface area contributed by atoms with Gasteiger partial charge < -0.3 is 5.73 Å². The Morgan fingerprint density at radius 2 is 2.20 bits per heavy atom. The van der Waals surface area contributed by atoms with Crippen molar-refractivity contribution in [2.75, 3.05) is 19.6 Å². The van der Waals surface area contributed by atoms with E-state index in [1.807, 2.05) is 19.1 Å². The third kappa shape index (κ3) is 3.69. The molecule has 0 spiro atoms. The number of likely N-dealkylation sites (tertiary alicyclic amines) is 1. The first kappa shape index (κ1) is 16.9. The van der Waals surface area contributed by atoms with Crippen LogP contribution in [0.15, 0.2) is 24.3 Å². The number of piperidine rings is 1. The van der Waals surface area contributed by atoms with Gasteiger partial charge in [0.25, 0.3) is 5.69 Å². The standard InChI is InChI=1S/C14H21N3O2.ClH/c1-11(16-8-4-5-12(9-15)10-16)13-6-2-3-7-14(13)17(18)19;/h2-3,6-7,11-12H,4-5,8-10,15H2,1H3;1H. The second kappa shape index (κ2) is 7.57. The van der Waals surface area contributed by atoms with Gasteiger partial charge in [0, 0.05) is 24.2 Å². The fourth-order valence-electron chi connectivity index (χ4n) is 2.85. The molecule has 0 amide bonds. The van der Waals surface area contributed by atoms with Crippen LogP contribution in [0.5, 0.6) is 0 Å². The smallest absolute Gasteiger partial charge is 0.274 e. The fraction of sp³-hybridized carbons (Fsp3) is 0.571. The van der Waals surface area contributed by atoms with Crippen molar-refractivity contribution in [1.82, 2.24) is 4.90 Å². The van der Waals surface area contributed by atoms with E-state index in [9.17, 15) is 10.1 Å². The molecule has 1 fully saturated rings. The summed E-state index contributed by atoms with van der Waals surface area (Å²) < 4.78 is 0. The first-order chi connectivity index (χ1) is 9.13. The van der Waals surface area contributed by atoms with Gasteiger partial charge in [0.1, 0.15) is 0 Å². The monoisotopic (exact) mass is 299 g/mol. The summed E-state index contributed by atoms with van der Waals surface area (Å²) in [5.41, 5.74) is 6.76. The highest BCUT2D eigenvalue weighted by atomic mass is 35.5. The summed E-state index contributed by atoms with van der Waals surface area (Å²) in [6.45, 7) is 4.66.